The molecule has 0 unspecified atom stereocenters. The molecule has 0 aliphatic rings. The number of hydrogen-bond acceptors (Lipinski definition) is 7. The highest BCUT2D eigenvalue weighted by molar-refractivity contribution is 7.81. The monoisotopic (exact) mass is 388 g/mol. The normalized spacial score (nSPS) is 10.9. The van der Waals surface area contributed by atoms with Gasteiger partial charge in [0.25, 0.3) is 0 Å². The molecule has 0 heterocycles. The zero-order chi connectivity index (χ0) is 19.3. The average molecular weight is 388 g/mol. The van der Waals surface area contributed by atoms with Crippen LogP contribution >= 0.6 is 0 Å². The Kier molecular flexibility index (Phi) is 5.77. The first kappa shape index (κ1) is 19.2. The maximum atomic E-state index is 14.0. The van der Waals surface area contributed by atoms with Crippen LogP contribution in [0.2, 0.25) is 0 Å². The number of halogens is 3. The van der Waals surface area contributed by atoms with Gasteiger partial charge in [-0.15, -0.1) is 0 Å². The summed E-state index contributed by atoms with van der Waals surface area (Å²) in [5.74, 6) is -2.12. The quantitative estimate of drug-likeness (QED) is 0.236. The van der Waals surface area contributed by atoms with Crippen molar-refractivity contribution in [3.8, 4) is 11.5 Å². The number of benzene rings is 2. The molecule has 2 rings (SSSR count). The van der Waals surface area contributed by atoms with Crippen LogP contribution in [0.3, 0.4) is 0 Å². The van der Waals surface area contributed by atoms with Crippen LogP contribution in [0.15, 0.2) is 41.6 Å². The molecular weight excluding hydrogens is 377 g/mol. The van der Waals surface area contributed by atoms with Gasteiger partial charge in [0.15, 0.2) is 0 Å². The largest absolute Gasteiger partial charge is 0.489 e. The van der Waals surface area contributed by atoms with Crippen molar-refractivity contribution in [3.05, 3.63) is 53.6 Å². The van der Waals surface area contributed by atoms with Gasteiger partial charge in [0.2, 0.25) is 0 Å². The zero-order valence-electron chi connectivity index (χ0n) is 12.8. The van der Waals surface area contributed by atoms with Crippen LogP contribution < -0.4 is 13.9 Å². The predicted octanol–water partition coefficient (Wildman–Crippen LogP) is 3.50. The van der Waals surface area contributed by atoms with E-state index in [1.165, 1.54) is 12.1 Å². The van der Waals surface area contributed by atoms with Gasteiger partial charge >= 0.3 is 10.5 Å². The highest BCUT2D eigenvalue weighted by Gasteiger charge is 2.15. The van der Waals surface area contributed by atoms with E-state index >= 15 is 0 Å². The summed E-state index contributed by atoms with van der Waals surface area (Å²) in [6, 6.07) is 6.41. The smallest absolute Gasteiger partial charge is 0.488 e. The molecule has 0 radical (unpaired) electrons. The summed E-state index contributed by atoms with van der Waals surface area (Å²) >= 11 is 0. The Labute approximate surface area is 146 Å². The van der Waals surface area contributed by atoms with E-state index in [4.69, 9.17) is 15.7 Å². The van der Waals surface area contributed by atoms with Gasteiger partial charge in [0.05, 0.1) is 11.3 Å². The minimum absolute atomic E-state index is 0.124. The van der Waals surface area contributed by atoms with Crippen molar-refractivity contribution in [2.45, 2.75) is 6.61 Å². The van der Waals surface area contributed by atoms with Gasteiger partial charge < -0.3 is 8.92 Å². The van der Waals surface area contributed by atoms with Gasteiger partial charge in [-0.1, -0.05) is 9.11 Å². The molecule has 0 atom stereocenters. The minimum atomic E-state index is -5.15. The lowest BCUT2D eigenvalue weighted by molar-refractivity contribution is 0.292. The second kappa shape index (κ2) is 7.82. The third kappa shape index (κ3) is 4.92. The van der Waals surface area contributed by atoms with Crippen LogP contribution in [-0.2, 0) is 17.1 Å². The first-order valence-corrected chi connectivity index (χ1v) is 8.06. The molecule has 2 aromatic rings. The molecule has 12 heteroatoms. The van der Waals surface area contributed by atoms with Gasteiger partial charge in [-0.2, -0.15) is 13.9 Å². The van der Waals surface area contributed by atoms with Gasteiger partial charge in [0, 0.05) is 12.1 Å². The summed E-state index contributed by atoms with van der Waals surface area (Å²) in [4.78, 5) is 0. The molecule has 2 N–H and O–H groups in total. The fourth-order valence-electron chi connectivity index (χ4n) is 1.88. The molecule has 0 aromatic heterocycles. The lowest BCUT2D eigenvalue weighted by atomic mass is 10.2. The van der Waals surface area contributed by atoms with Crippen molar-refractivity contribution in [2.75, 3.05) is 5.01 Å². The Morgan fingerprint density at radius 2 is 1.65 bits per heavy atom. The molecular formula is C14H11F3N4O4S. The van der Waals surface area contributed by atoms with Gasteiger partial charge in [-0.05, 0) is 24.3 Å². The Morgan fingerprint density at radius 3 is 2.12 bits per heavy atom. The zero-order valence-corrected chi connectivity index (χ0v) is 13.6. The summed E-state index contributed by atoms with van der Waals surface area (Å²) in [5.41, 5.74) is 6.26. The van der Waals surface area contributed by atoms with Crippen LogP contribution in [0.4, 0.5) is 18.4 Å². The molecule has 0 aliphatic carbocycles. The third-order valence-electron chi connectivity index (χ3n) is 3.02. The second-order valence-corrected chi connectivity index (χ2v) is 5.65. The van der Waals surface area contributed by atoms with Crippen molar-refractivity contribution in [1.29, 1.82) is 10.9 Å². The topological polar surface area (TPSA) is 116 Å². The van der Waals surface area contributed by atoms with Crippen molar-refractivity contribution in [3.63, 3.8) is 0 Å². The van der Waals surface area contributed by atoms with E-state index in [1.807, 2.05) is 0 Å². The van der Waals surface area contributed by atoms with E-state index < -0.39 is 34.3 Å². The van der Waals surface area contributed by atoms with E-state index in [9.17, 15) is 21.1 Å². The number of anilines is 1. The number of rotatable bonds is 8. The summed E-state index contributed by atoms with van der Waals surface area (Å²) in [6.45, 7) is -0.498. The van der Waals surface area contributed by atoms with Crippen LogP contribution in [-0.4, -0.2) is 14.8 Å². The fourth-order valence-corrected chi connectivity index (χ4v) is 2.22. The molecule has 0 bridgehead atoms. The van der Waals surface area contributed by atoms with Gasteiger partial charge in [-0.3, -0.25) is 5.41 Å². The Bertz CT molecular complexity index is 891. The predicted molar refractivity (Wildman–Crippen MR) is 84.2 cm³/mol. The third-order valence-corrected chi connectivity index (χ3v) is 3.41. The van der Waals surface area contributed by atoms with Crippen LogP contribution in [0.25, 0.3) is 0 Å². The van der Waals surface area contributed by atoms with Crippen molar-refractivity contribution < 1.29 is 30.0 Å². The molecule has 0 fully saturated rings. The maximum Gasteiger partial charge on any atom is 0.488 e. The lowest BCUT2D eigenvalue weighted by Crippen LogP contribution is -2.13. The highest BCUT2D eigenvalue weighted by Crippen LogP contribution is 2.24. The summed E-state index contributed by atoms with van der Waals surface area (Å²) in [7, 11) is -5.15. The second-order valence-electron chi connectivity index (χ2n) is 4.70. The molecule has 0 saturated heterocycles. The van der Waals surface area contributed by atoms with E-state index in [0.717, 1.165) is 24.3 Å². The van der Waals surface area contributed by atoms with Crippen molar-refractivity contribution >= 4 is 22.5 Å². The number of hydrogen-bond donors (Lipinski definition) is 2. The summed E-state index contributed by atoms with van der Waals surface area (Å²) in [6.07, 6.45) is 0.610. The molecule has 26 heavy (non-hydrogen) atoms. The summed E-state index contributed by atoms with van der Waals surface area (Å²) in [5, 5.41) is 10.6. The minimum Gasteiger partial charge on any atom is -0.489 e. The average Bonchev–Trinajstić information content (AvgIpc) is 2.55. The number of nitrogens with zero attached hydrogens (tertiary/aromatic N) is 2. The van der Waals surface area contributed by atoms with Gasteiger partial charge in [0.1, 0.15) is 36.1 Å². The van der Waals surface area contributed by atoms with E-state index in [1.54, 1.807) is 0 Å². The van der Waals surface area contributed by atoms with Crippen LogP contribution in [0, 0.1) is 22.6 Å². The van der Waals surface area contributed by atoms with E-state index in [0.29, 0.717) is 11.3 Å². The van der Waals surface area contributed by atoms with E-state index in [-0.39, 0.29) is 17.2 Å². The number of nitrogens with one attached hydrogen (secondary N) is 2. The Balaban J connectivity index is 2.12. The molecule has 138 valence electrons. The standard InChI is InChI=1S/C14H11F3N4O4S/c15-13-5-9(21(8-18)20-19)6-14(16)12(13)7-24-10-1-3-11(4-2-10)25-26(17,22)23/h1-6,8,18-19H,7H2. The molecule has 0 amide bonds. The van der Waals surface area contributed by atoms with Crippen LogP contribution in [0.1, 0.15) is 5.56 Å². The van der Waals surface area contributed by atoms with Crippen LogP contribution in [0.5, 0.6) is 11.5 Å². The molecule has 0 spiro atoms. The van der Waals surface area contributed by atoms with Crippen molar-refractivity contribution in [2.24, 2.45) is 5.22 Å². The Hall–Kier alpha value is -3.15. The summed E-state index contributed by atoms with van der Waals surface area (Å²) < 4.78 is 70.4. The molecule has 2 aromatic carbocycles. The first-order valence-electron chi connectivity index (χ1n) is 6.75. The van der Waals surface area contributed by atoms with Crippen molar-refractivity contribution in [1.82, 2.24) is 0 Å². The lowest BCUT2D eigenvalue weighted by Gasteiger charge is -2.13. The number of ether oxygens (including phenoxy) is 1. The fraction of sp³-hybridized carbons (Fsp3) is 0.0714. The molecule has 8 nitrogen and oxygen atoms in total. The maximum absolute atomic E-state index is 14.0. The SMILES string of the molecule is N=CN(N=N)c1cc(F)c(COc2ccc(OS(=O)(=O)F)cc2)c(F)c1. The Morgan fingerprint density at radius 1 is 1.12 bits per heavy atom. The molecule has 0 saturated carbocycles. The molecule has 0 aliphatic heterocycles. The first-order chi connectivity index (χ1) is 12.2. The highest BCUT2D eigenvalue weighted by atomic mass is 32.3. The van der Waals surface area contributed by atoms with E-state index in [2.05, 4.69) is 9.41 Å². The van der Waals surface area contributed by atoms with Gasteiger partial charge in [-0.25, -0.2) is 13.8 Å².